The third kappa shape index (κ3) is 1.57. The molecule has 1 aromatic carbocycles. The SMILES string of the molecule is Cc1cccc2c1CNCC2C(C)C. The van der Waals surface area contributed by atoms with E-state index < -0.39 is 0 Å². The van der Waals surface area contributed by atoms with E-state index in [1.807, 2.05) is 0 Å². The first-order valence-corrected chi connectivity index (χ1v) is 5.49. The second-order valence-electron chi connectivity index (χ2n) is 4.62. The van der Waals surface area contributed by atoms with E-state index in [1.165, 1.54) is 11.1 Å². The van der Waals surface area contributed by atoms with Gasteiger partial charge in [-0.25, -0.2) is 0 Å². The lowest BCUT2D eigenvalue weighted by Gasteiger charge is -2.30. The molecule has 0 aliphatic carbocycles. The van der Waals surface area contributed by atoms with Crippen molar-refractivity contribution in [2.75, 3.05) is 6.54 Å². The van der Waals surface area contributed by atoms with Gasteiger partial charge in [0.2, 0.25) is 0 Å². The molecule has 2 rings (SSSR count). The summed E-state index contributed by atoms with van der Waals surface area (Å²) in [6.45, 7) is 9.01. The van der Waals surface area contributed by atoms with Gasteiger partial charge in [-0.3, -0.25) is 0 Å². The van der Waals surface area contributed by atoms with Gasteiger partial charge in [-0.05, 0) is 35.4 Å². The molecule has 0 aromatic heterocycles. The molecule has 1 atom stereocenters. The van der Waals surface area contributed by atoms with Crippen molar-refractivity contribution in [2.45, 2.75) is 33.2 Å². The Kier molecular flexibility index (Phi) is 2.60. The summed E-state index contributed by atoms with van der Waals surface area (Å²) in [7, 11) is 0. The van der Waals surface area contributed by atoms with Crippen LogP contribution in [-0.2, 0) is 6.54 Å². The first-order valence-electron chi connectivity index (χ1n) is 5.49. The number of hydrogen-bond acceptors (Lipinski definition) is 1. The minimum Gasteiger partial charge on any atom is -0.312 e. The van der Waals surface area contributed by atoms with Crippen LogP contribution in [0.15, 0.2) is 18.2 Å². The van der Waals surface area contributed by atoms with Crippen molar-refractivity contribution < 1.29 is 0 Å². The zero-order valence-corrected chi connectivity index (χ0v) is 9.30. The zero-order chi connectivity index (χ0) is 10.1. The van der Waals surface area contributed by atoms with Crippen molar-refractivity contribution in [1.29, 1.82) is 0 Å². The Morgan fingerprint density at radius 2 is 2.14 bits per heavy atom. The predicted octanol–water partition coefficient (Wildman–Crippen LogP) is 2.84. The molecule has 0 spiro atoms. The highest BCUT2D eigenvalue weighted by Gasteiger charge is 2.22. The molecule has 0 saturated carbocycles. The first-order chi connectivity index (χ1) is 6.70. The molecule has 76 valence electrons. The van der Waals surface area contributed by atoms with Crippen LogP contribution in [0.2, 0.25) is 0 Å². The van der Waals surface area contributed by atoms with E-state index in [0.29, 0.717) is 5.92 Å². The Labute approximate surface area is 86.5 Å². The summed E-state index contributed by atoms with van der Waals surface area (Å²) in [5, 5.41) is 3.51. The molecule has 1 aliphatic heterocycles. The van der Waals surface area contributed by atoms with E-state index in [2.05, 4.69) is 44.3 Å². The third-order valence-corrected chi connectivity index (χ3v) is 3.32. The van der Waals surface area contributed by atoms with E-state index in [1.54, 1.807) is 5.56 Å². The molecule has 0 bridgehead atoms. The van der Waals surface area contributed by atoms with Crippen LogP contribution in [0.25, 0.3) is 0 Å². The Hall–Kier alpha value is -0.820. The predicted molar refractivity (Wildman–Crippen MR) is 60.5 cm³/mol. The van der Waals surface area contributed by atoms with E-state index in [4.69, 9.17) is 0 Å². The van der Waals surface area contributed by atoms with Crippen molar-refractivity contribution in [3.05, 3.63) is 34.9 Å². The van der Waals surface area contributed by atoms with Crippen molar-refractivity contribution in [2.24, 2.45) is 5.92 Å². The molecule has 14 heavy (non-hydrogen) atoms. The fourth-order valence-electron chi connectivity index (χ4n) is 2.37. The second kappa shape index (κ2) is 3.74. The molecule has 1 heteroatoms. The summed E-state index contributed by atoms with van der Waals surface area (Å²) in [5.41, 5.74) is 4.52. The highest BCUT2D eigenvalue weighted by Crippen LogP contribution is 2.31. The van der Waals surface area contributed by atoms with E-state index >= 15 is 0 Å². The maximum atomic E-state index is 3.51. The molecule has 1 aromatic rings. The van der Waals surface area contributed by atoms with Gasteiger partial charge in [-0.1, -0.05) is 32.0 Å². The smallest absolute Gasteiger partial charge is 0.0211 e. The van der Waals surface area contributed by atoms with Crippen LogP contribution in [0.4, 0.5) is 0 Å². The second-order valence-corrected chi connectivity index (χ2v) is 4.62. The lowest BCUT2D eigenvalue weighted by atomic mass is 9.82. The number of fused-ring (bicyclic) bond motifs is 1. The number of hydrogen-bond donors (Lipinski definition) is 1. The maximum Gasteiger partial charge on any atom is 0.0211 e. The average Bonchev–Trinajstić information content (AvgIpc) is 2.17. The highest BCUT2D eigenvalue weighted by atomic mass is 14.9. The molecule has 0 fully saturated rings. The minimum atomic E-state index is 0.693. The van der Waals surface area contributed by atoms with E-state index in [-0.39, 0.29) is 0 Å². The summed E-state index contributed by atoms with van der Waals surface area (Å²) in [4.78, 5) is 0. The molecule has 1 N–H and O–H groups in total. The van der Waals surface area contributed by atoms with Gasteiger partial charge in [0.05, 0.1) is 0 Å². The third-order valence-electron chi connectivity index (χ3n) is 3.32. The Balaban J connectivity index is 2.44. The maximum absolute atomic E-state index is 3.51. The molecule has 1 nitrogen and oxygen atoms in total. The van der Waals surface area contributed by atoms with Crippen LogP contribution >= 0.6 is 0 Å². The molecule has 0 radical (unpaired) electrons. The molecular weight excluding hydrogens is 170 g/mol. The average molecular weight is 189 g/mol. The van der Waals surface area contributed by atoms with E-state index in [9.17, 15) is 0 Å². The van der Waals surface area contributed by atoms with Gasteiger partial charge in [0.15, 0.2) is 0 Å². The topological polar surface area (TPSA) is 12.0 Å². The van der Waals surface area contributed by atoms with E-state index in [0.717, 1.165) is 19.0 Å². The summed E-state index contributed by atoms with van der Waals surface area (Å²) >= 11 is 0. The fraction of sp³-hybridized carbons (Fsp3) is 0.538. The Morgan fingerprint density at radius 3 is 2.86 bits per heavy atom. The first kappa shape index (κ1) is 9.72. The lowest BCUT2D eigenvalue weighted by molar-refractivity contribution is 0.435. The number of nitrogens with one attached hydrogen (secondary N) is 1. The molecule has 1 unspecified atom stereocenters. The Bertz CT molecular complexity index is 328. The lowest BCUT2D eigenvalue weighted by Crippen LogP contribution is -2.31. The quantitative estimate of drug-likeness (QED) is 0.716. The van der Waals surface area contributed by atoms with Crippen LogP contribution in [0.3, 0.4) is 0 Å². The van der Waals surface area contributed by atoms with Gasteiger partial charge in [0.1, 0.15) is 0 Å². The standard InChI is InChI=1S/C13H19N/c1-9(2)12-7-14-8-13-10(3)5-4-6-11(12)13/h4-6,9,12,14H,7-8H2,1-3H3. The minimum absolute atomic E-state index is 0.693. The van der Waals surface area contributed by atoms with Gasteiger partial charge in [-0.15, -0.1) is 0 Å². The number of benzene rings is 1. The van der Waals surface area contributed by atoms with Crippen molar-refractivity contribution >= 4 is 0 Å². The van der Waals surface area contributed by atoms with Crippen LogP contribution in [0, 0.1) is 12.8 Å². The fourth-order valence-corrected chi connectivity index (χ4v) is 2.37. The molecule has 0 saturated heterocycles. The zero-order valence-electron chi connectivity index (χ0n) is 9.30. The van der Waals surface area contributed by atoms with Crippen LogP contribution in [0.1, 0.15) is 36.5 Å². The van der Waals surface area contributed by atoms with Crippen molar-refractivity contribution in [3.63, 3.8) is 0 Å². The van der Waals surface area contributed by atoms with Crippen LogP contribution in [0.5, 0.6) is 0 Å². The number of rotatable bonds is 1. The van der Waals surface area contributed by atoms with Crippen molar-refractivity contribution in [3.8, 4) is 0 Å². The normalized spacial score (nSPS) is 21.0. The largest absolute Gasteiger partial charge is 0.312 e. The van der Waals surface area contributed by atoms with Crippen LogP contribution in [-0.4, -0.2) is 6.54 Å². The highest BCUT2D eigenvalue weighted by molar-refractivity contribution is 5.38. The summed E-state index contributed by atoms with van der Waals surface area (Å²) < 4.78 is 0. The molecular formula is C13H19N. The summed E-state index contributed by atoms with van der Waals surface area (Å²) in [6.07, 6.45) is 0. The molecule has 1 heterocycles. The van der Waals surface area contributed by atoms with Crippen LogP contribution < -0.4 is 5.32 Å². The van der Waals surface area contributed by atoms with Gasteiger partial charge in [0.25, 0.3) is 0 Å². The van der Waals surface area contributed by atoms with Gasteiger partial charge in [0, 0.05) is 13.1 Å². The van der Waals surface area contributed by atoms with Gasteiger partial charge in [-0.2, -0.15) is 0 Å². The molecule has 0 amide bonds. The molecule has 1 aliphatic rings. The summed E-state index contributed by atoms with van der Waals surface area (Å²) in [5.74, 6) is 1.42. The Morgan fingerprint density at radius 1 is 1.36 bits per heavy atom. The summed E-state index contributed by atoms with van der Waals surface area (Å²) in [6, 6.07) is 6.70. The van der Waals surface area contributed by atoms with Crippen molar-refractivity contribution in [1.82, 2.24) is 5.32 Å². The van der Waals surface area contributed by atoms with Gasteiger partial charge >= 0.3 is 0 Å². The van der Waals surface area contributed by atoms with Gasteiger partial charge < -0.3 is 5.32 Å². The number of aryl methyl sites for hydroxylation is 1. The monoisotopic (exact) mass is 189 g/mol.